The number of aliphatic imine (C=N–C) groups is 1. The highest BCUT2D eigenvalue weighted by Crippen LogP contribution is 2.32. The Bertz CT molecular complexity index is 907. The number of H-pyrrole nitrogens is 1. The van der Waals surface area contributed by atoms with E-state index >= 15 is 0 Å². The molecule has 1 atom stereocenters. The number of hydrogen-bond donors (Lipinski definition) is 2. The third kappa shape index (κ3) is 3.41. The van der Waals surface area contributed by atoms with Crippen LogP contribution in [0.25, 0.3) is 11.6 Å². The molecule has 2 fully saturated rings. The molecule has 0 spiro atoms. The molecular weight excluding hydrogens is 356 g/mol. The van der Waals surface area contributed by atoms with Crippen molar-refractivity contribution < 1.29 is 9.84 Å². The van der Waals surface area contributed by atoms with Crippen LogP contribution in [0.3, 0.4) is 0 Å². The van der Waals surface area contributed by atoms with Crippen molar-refractivity contribution in [1.82, 2.24) is 19.9 Å². The summed E-state index contributed by atoms with van der Waals surface area (Å²) in [4.78, 5) is 20.8. The summed E-state index contributed by atoms with van der Waals surface area (Å²) in [5, 5.41) is 10.3. The van der Waals surface area contributed by atoms with Gasteiger partial charge in [-0.05, 0) is 31.1 Å². The van der Waals surface area contributed by atoms with E-state index in [-0.39, 0.29) is 5.88 Å². The first kappa shape index (κ1) is 17.4. The molecule has 0 aromatic carbocycles. The Balaban J connectivity index is 1.26. The van der Waals surface area contributed by atoms with Crippen LogP contribution in [0.2, 0.25) is 0 Å². The van der Waals surface area contributed by atoms with Gasteiger partial charge in [0.25, 0.3) is 0 Å². The average Bonchev–Trinajstić information content (AvgIpc) is 3.45. The van der Waals surface area contributed by atoms with Gasteiger partial charge in [0.05, 0.1) is 6.10 Å². The average molecular weight is 380 g/mol. The molecule has 5 heterocycles. The fourth-order valence-corrected chi connectivity index (χ4v) is 4.03. The first-order valence-corrected chi connectivity index (χ1v) is 9.85. The van der Waals surface area contributed by atoms with E-state index in [1.165, 1.54) is 12.8 Å². The standard InChI is InChI=1S/C20H24N6O2/c27-19-17(11-14-12-22-18-16(14)4-1-5-21-18)23-20(24-19)26-8-6-25(7-9-26)13-15-3-2-10-28-15/h1,4-5,11-12,15,27H,2-3,6-10,13H2,(H,23,24). The Morgan fingerprint density at radius 2 is 2.18 bits per heavy atom. The molecule has 0 bridgehead atoms. The molecule has 2 saturated heterocycles. The van der Waals surface area contributed by atoms with E-state index in [9.17, 15) is 5.11 Å². The minimum Gasteiger partial charge on any atom is -0.492 e. The summed E-state index contributed by atoms with van der Waals surface area (Å²) in [5.41, 5.74) is 2.46. The van der Waals surface area contributed by atoms with Gasteiger partial charge in [-0.3, -0.25) is 4.90 Å². The summed E-state index contributed by atoms with van der Waals surface area (Å²) in [6.45, 7) is 5.63. The normalized spacial score (nSPS) is 23.6. The number of hydrogen-bond acceptors (Lipinski definition) is 7. The lowest BCUT2D eigenvalue weighted by Crippen LogP contribution is -2.48. The molecule has 2 aromatic rings. The molecule has 8 heteroatoms. The van der Waals surface area contributed by atoms with Gasteiger partial charge in [0.15, 0.2) is 5.82 Å². The first-order chi connectivity index (χ1) is 13.8. The van der Waals surface area contributed by atoms with Crippen LogP contribution in [-0.4, -0.2) is 76.6 Å². The molecular formula is C20H24N6O2. The predicted octanol–water partition coefficient (Wildman–Crippen LogP) is 2.07. The number of imidazole rings is 1. The van der Waals surface area contributed by atoms with Crippen molar-refractivity contribution in [2.45, 2.75) is 18.9 Å². The highest BCUT2D eigenvalue weighted by Gasteiger charge is 2.24. The summed E-state index contributed by atoms with van der Waals surface area (Å²) in [5.74, 6) is 1.42. The molecule has 2 N–H and O–H groups in total. The summed E-state index contributed by atoms with van der Waals surface area (Å²) in [7, 11) is 0. The van der Waals surface area contributed by atoms with Crippen LogP contribution < -0.4 is 4.90 Å². The molecule has 3 aliphatic heterocycles. The Hall–Kier alpha value is -2.71. The van der Waals surface area contributed by atoms with Gasteiger partial charge in [-0.25, -0.2) is 9.98 Å². The lowest BCUT2D eigenvalue weighted by molar-refractivity contribution is 0.0712. The number of piperazine rings is 1. The molecule has 2 aromatic heterocycles. The largest absolute Gasteiger partial charge is 0.492 e. The molecule has 8 nitrogen and oxygen atoms in total. The SMILES string of the molecule is Oc1nc(N2CCN(CC3CCCO3)CC2)[nH]c1C=C1C=Nc2ncccc21. The maximum atomic E-state index is 10.3. The number of pyridine rings is 1. The van der Waals surface area contributed by atoms with Crippen LogP contribution in [0, 0.1) is 0 Å². The van der Waals surface area contributed by atoms with E-state index in [1.54, 1.807) is 12.4 Å². The summed E-state index contributed by atoms with van der Waals surface area (Å²) in [6.07, 6.45) is 8.11. The van der Waals surface area contributed by atoms with Crippen LogP contribution >= 0.6 is 0 Å². The number of fused-ring (bicyclic) bond motifs is 1. The predicted molar refractivity (Wildman–Crippen MR) is 108 cm³/mol. The van der Waals surface area contributed by atoms with Crippen molar-refractivity contribution in [3.05, 3.63) is 29.6 Å². The highest BCUT2D eigenvalue weighted by atomic mass is 16.5. The van der Waals surface area contributed by atoms with Crippen molar-refractivity contribution in [2.24, 2.45) is 4.99 Å². The first-order valence-electron chi connectivity index (χ1n) is 9.85. The van der Waals surface area contributed by atoms with E-state index in [0.29, 0.717) is 23.6 Å². The van der Waals surface area contributed by atoms with Gasteiger partial charge in [-0.2, -0.15) is 4.98 Å². The lowest BCUT2D eigenvalue weighted by Gasteiger charge is -2.35. The molecule has 0 amide bonds. The van der Waals surface area contributed by atoms with Crippen molar-refractivity contribution in [1.29, 1.82) is 0 Å². The van der Waals surface area contributed by atoms with Crippen LogP contribution in [0.15, 0.2) is 23.3 Å². The fraction of sp³-hybridized carbons (Fsp3) is 0.450. The van der Waals surface area contributed by atoms with E-state index in [2.05, 4.69) is 29.7 Å². The van der Waals surface area contributed by atoms with Crippen molar-refractivity contribution in [3.8, 4) is 5.88 Å². The Morgan fingerprint density at radius 1 is 1.29 bits per heavy atom. The van der Waals surface area contributed by atoms with Gasteiger partial charge in [0, 0.05) is 62.9 Å². The third-order valence-corrected chi connectivity index (χ3v) is 5.58. The third-order valence-electron chi connectivity index (χ3n) is 5.58. The van der Waals surface area contributed by atoms with Crippen molar-refractivity contribution >= 4 is 29.6 Å². The van der Waals surface area contributed by atoms with Gasteiger partial charge < -0.3 is 19.7 Å². The Kier molecular flexibility index (Phi) is 4.58. The zero-order valence-electron chi connectivity index (χ0n) is 15.7. The monoisotopic (exact) mass is 380 g/mol. The second-order valence-corrected chi connectivity index (χ2v) is 7.45. The van der Waals surface area contributed by atoms with Crippen LogP contribution in [0.1, 0.15) is 24.1 Å². The number of aromatic amines is 1. The second-order valence-electron chi connectivity index (χ2n) is 7.45. The Morgan fingerprint density at radius 3 is 3.00 bits per heavy atom. The minimum atomic E-state index is 0.00928. The molecule has 5 rings (SSSR count). The smallest absolute Gasteiger partial charge is 0.238 e. The van der Waals surface area contributed by atoms with Crippen LogP contribution in [0.4, 0.5) is 11.8 Å². The van der Waals surface area contributed by atoms with Crippen molar-refractivity contribution in [3.63, 3.8) is 0 Å². The van der Waals surface area contributed by atoms with E-state index in [0.717, 1.165) is 50.5 Å². The molecule has 1 unspecified atom stereocenters. The fourth-order valence-electron chi connectivity index (χ4n) is 4.03. The van der Waals surface area contributed by atoms with Gasteiger partial charge in [-0.1, -0.05) is 0 Å². The number of rotatable bonds is 4. The second kappa shape index (κ2) is 7.37. The summed E-state index contributed by atoms with van der Waals surface area (Å²) < 4.78 is 5.75. The van der Waals surface area contributed by atoms with Gasteiger partial charge in [0.1, 0.15) is 5.69 Å². The summed E-state index contributed by atoms with van der Waals surface area (Å²) >= 11 is 0. The summed E-state index contributed by atoms with van der Waals surface area (Å²) in [6, 6.07) is 3.86. The molecule has 0 aliphatic carbocycles. The minimum absolute atomic E-state index is 0.00928. The number of allylic oxidation sites excluding steroid dienone is 1. The van der Waals surface area contributed by atoms with E-state index in [4.69, 9.17) is 4.74 Å². The number of aromatic hydroxyl groups is 1. The van der Waals surface area contributed by atoms with Crippen LogP contribution in [0.5, 0.6) is 5.88 Å². The number of nitrogens with zero attached hydrogens (tertiary/aromatic N) is 5. The number of ether oxygens (including phenoxy) is 1. The van der Waals surface area contributed by atoms with Crippen molar-refractivity contribution in [2.75, 3.05) is 44.2 Å². The van der Waals surface area contributed by atoms with E-state index < -0.39 is 0 Å². The maximum absolute atomic E-state index is 10.3. The zero-order chi connectivity index (χ0) is 18.9. The maximum Gasteiger partial charge on any atom is 0.238 e. The molecule has 146 valence electrons. The highest BCUT2D eigenvalue weighted by molar-refractivity contribution is 6.20. The van der Waals surface area contributed by atoms with Gasteiger partial charge in [0.2, 0.25) is 11.8 Å². The van der Waals surface area contributed by atoms with Gasteiger partial charge in [-0.15, -0.1) is 0 Å². The molecule has 28 heavy (non-hydrogen) atoms. The van der Waals surface area contributed by atoms with E-state index in [1.807, 2.05) is 18.2 Å². The lowest BCUT2D eigenvalue weighted by atomic mass is 10.1. The number of anilines is 1. The molecule has 0 saturated carbocycles. The number of nitrogens with one attached hydrogen (secondary N) is 1. The number of aromatic nitrogens is 3. The zero-order valence-corrected chi connectivity index (χ0v) is 15.7. The Labute approximate surface area is 163 Å². The van der Waals surface area contributed by atoms with Gasteiger partial charge >= 0.3 is 0 Å². The topological polar surface area (TPSA) is 89.9 Å². The van der Waals surface area contributed by atoms with Crippen LogP contribution in [-0.2, 0) is 4.74 Å². The quantitative estimate of drug-likeness (QED) is 0.844. The molecule has 0 radical (unpaired) electrons. The molecule has 3 aliphatic rings.